The van der Waals surface area contributed by atoms with E-state index in [2.05, 4.69) is 0 Å². The summed E-state index contributed by atoms with van der Waals surface area (Å²) in [6.45, 7) is 0. The van der Waals surface area contributed by atoms with Crippen molar-refractivity contribution in [3.8, 4) is 0 Å². The van der Waals surface area contributed by atoms with Crippen molar-refractivity contribution >= 4 is 12.1 Å². The average Bonchev–Trinajstić information content (AvgIpc) is 1.67. The van der Waals surface area contributed by atoms with Crippen LogP contribution < -0.4 is 11.5 Å². The highest BCUT2D eigenvalue weighted by atomic mass is 16.1. The maximum absolute atomic E-state index is 10.3. The minimum absolute atomic E-state index is 0.183. The predicted molar refractivity (Wildman–Crippen MR) is 27.9 cm³/mol. The number of carbonyl (C=O) groups excluding carboxylic acids is 2. The molecular weight excluding hydrogens is 108 g/mol. The molecule has 0 rings (SSSR count). The van der Waals surface area contributed by atoms with Gasteiger partial charge in [0.15, 0.2) is 5.78 Å². The van der Waals surface area contributed by atoms with E-state index in [1.165, 1.54) is 0 Å². The zero-order chi connectivity index (χ0) is 6.57. The maximum Gasteiger partial charge on any atom is 0.170 e. The molecule has 0 atom stereocenters. The van der Waals surface area contributed by atoms with E-state index < -0.39 is 11.9 Å². The molecule has 0 amide bonds. The minimum atomic E-state index is -1.000. The van der Waals surface area contributed by atoms with Gasteiger partial charge in [0.1, 0.15) is 12.5 Å². The number of carbonyl (C=O) groups is 2. The van der Waals surface area contributed by atoms with Gasteiger partial charge in [0, 0.05) is 0 Å². The van der Waals surface area contributed by atoms with E-state index in [0.29, 0.717) is 6.29 Å². The number of nitrogens with two attached hydrogens (primary N) is 2. The number of Topliss-reactive ketones (excluding diaryl/α,β-unsaturated/α-hetero) is 1. The van der Waals surface area contributed by atoms with Crippen LogP contribution in [0.15, 0.2) is 0 Å². The lowest BCUT2D eigenvalue weighted by Gasteiger charge is -1.96. The van der Waals surface area contributed by atoms with Gasteiger partial charge in [-0.3, -0.25) is 4.79 Å². The summed E-state index contributed by atoms with van der Waals surface area (Å²) < 4.78 is 0. The van der Waals surface area contributed by atoms with Gasteiger partial charge >= 0.3 is 0 Å². The van der Waals surface area contributed by atoms with E-state index in [1.807, 2.05) is 0 Å². The van der Waals surface area contributed by atoms with Gasteiger partial charge in [-0.2, -0.15) is 0 Å². The van der Waals surface area contributed by atoms with Crippen LogP contribution in [0.25, 0.3) is 0 Å². The van der Waals surface area contributed by atoms with Gasteiger partial charge in [0.2, 0.25) is 0 Å². The lowest BCUT2D eigenvalue weighted by Crippen LogP contribution is -2.39. The van der Waals surface area contributed by atoms with Crippen molar-refractivity contribution in [2.45, 2.75) is 12.6 Å². The third-order valence-electron chi connectivity index (χ3n) is 0.656. The summed E-state index contributed by atoms with van der Waals surface area (Å²) >= 11 is 0. The zero-order valence-electron chi connectivity index (χ0n) is 4.33. The SMILES string of the molecule is NC(N)C(=O)CC=O. The second-order valence-corrected chi connectivity index (χ2v) is 1.36. The van der Waals surface area contributed by atoms with Crippen LogP contribution in [-0.2, 0) is 9.59 Å². The molecular formula is C4H8N2O2. The molecule has 4 heteroatoms. The van der Waals surface area contributed by atoms with Crippen molar-refractivity contribution < 1.29 is 9.59 Å². The first kappa shape index (κ1) is 7.26. The molecule has 0 radical (unpaired) electrons. The second-order valence-electron chi connectivity index (χ2n) is 1.36. The average molecular weight is 116 g/mol. The van der Waals surface area contributed by atoms with Crippen molar-refractivity contribution in [2.75, 3.05) is 0 Å². The van der Waals surface area contributed by atoms with E-state index in [0.717, 1.165) is 0 Å². The minimum Gasteiger partial charge on any atom is -0.310 e. The Balaban J connectivity index is 3.48. The fraction of sp³-hybridized carbons (Fsp3) is 0.500. The highest BCUT2D eigenvalue weighted by Gasteiger charge is 2.04. The summed E-state index contributed by atoms with van der Waals surface area (Å²) in [4.78, 5) is 19.8. The second kappa shape index (κ2) is 3.29. The summed E-state index contributed by atoms with van der Waals surface area (Å²) in [5.41, 5.74) is 9.78. The molecule has 0 saturated carbocycles. The molecule has 0 aromatic heterocycles. The van der Waals surface area contributed by atoms with Crippen LogP contribution in [0.4, 0.5) is 0 Å². The van der Waals surface area contributed by atoms with Gasteiger partial charge in [-0.15, -0.1) is 0 Å². The third kappa shape index (κ3) is 2.44. The molecule has 0 saturated heterocycles. The quantitative estimate of drug-likeness (QED) is 0.264. The van der Waals surface area contributed by atoms with Crippen LogP contribution in [0, 0.1) is 0 Å². The first-order valence-electron chi connectivity index (χ1n) is 2.16. The fourth-order valence-corrected chi connectivity index (χ4v) is 0.218. The van der Waals surface area contributed by atoms with Crippen LogP contribution in [-0.4, -0.2) is 18.2 Å². The van der Waals surface area contributed by atoms with E-state index >= 15 is 0 Å². The summed E-state index contributed by atoms with van der Waals surface area (Å²) in [6.07, 6.45) is -0.701. The van der Waals surface area contributed by atoms with Crippen molar-refractivity contribution in [1.29, 1.82) is 0 Å². The Hall–Kier alpha value is -0.740. The Morgan fingerprint density at radius 2 is 2.12 bits per heavy atom. The van der Waals surface area contributed by atoms with Crippen molar-refractivity contribution in [1.82, 2.24) is 0 Å². The van der Waals surface area contributed by atoms with Crippen LogP contribution in [0.5, 0.6) is 0 Å². The fourth-order valence-electron chi connectivity index (χ4n) is 0.218. The maximum atomic E-state index is 10.3. The Morgan fingerprint density at radius 1 is 1.62 bits per heavy atom. The van der Waals surface area contributed by atoms with E-state index in [4.69, 9.17) is 11.5 Å². The van der Waals surface area contributed by atoms with Crippen LogP contribution >= 0.6 is 0 Å². The topological polar surface area (TPSA) is 86.2 Å². The summed E-state index contributed by atoms with van der Waals surface area (Å²) in [5.74, 6) is -0.431. The van der Waals surface area contributed by atoms with E-state index in [1.54, 1.807) is 0 Å². The van der Waals surface area contributed by atoms with Gasteiger partial charge in [-0.25, -0.2) is 0 Å². The molecule has 46 valence electrons. The van der Waals surface area contributed by atoms with Gasteiger partial charge in [-0.1, -0.05) is 0 Å². The van der Waals surface area contributed by atoms with Crippen LogP contribution in [0.2, 0.25) is 0 Å². The number of hydrogen-bond donors (Lipinski definition) is 2. The van der Waals surface area contributed by atoms with E-state index in [-0.39, 0.29) is 6.42 Å². The first-order valence-corrected chi connectivity index (χ1v) is 2.16. The molecule has 0 spiro atoms. The summed E-state index contributed by atoms with van der Waals surface area (Å²) in [5, 5.41) is 0. The Morgan fingerprint density at radius 3 is 2.25 bits per heavy atom. The van der Waals surface area contributed by atoms with Gasteiger partial charge in [-0.05, 0) is 0 Å². The Bertz CT molecular complexity index is 100. The number of ketones is 1. The standard InChI is InChI=1S/C4H8N2O2/c5-4(6)3(8)1-2-7/h2,4H,1,5-6H2. The summed E-state index contributed by atoms with van der Waals surface area (Å²) in [6, 6.07) is 0. The molecule has 0 aliphatic heterocycles. The number of rotatable bonds is 3. The molecule has 8 heavy (non-hydrogen) atoms. The molecule has 0 fully saturated rings. The lowest BCUT2D eigenvalue weighted by atomic mass is 10.3. The normalized spacial score (nSPS) is 9.38. The highest BCUT2D eigenvalue weighted by molar-refractivity contribution is 5.92. The zero-order valence-corrected chi connectivity index (χ0v) is 4.33. The van der Waals surface area contributed by atoms with E-state index in [9.17, 15) is 9.59 Å². The lowest BCUT2D eigenvalue weighted by molar-refractivity contribution is -0.123. The molecule has 0 unspecified atom stereocenters. The Kier molecular flexibility index (Phi) is 2.98. The highest BCUT2D eigenvalue weighted by Crippen LogP contribution is 1.76. The van der Waals surface area contributed by atoms with Gasteiger partial charge < -0.3 is 16.3 Å². The molecule has 0 aromatic carbocycles. The van der Waals surface area contributed by atoms with Crippen molar-refractivity contribution in [3.63, 3.8) is 0 Å². The smallest absolute Gasteiger partial charge is 0.170 e. The molecule has 0 aromatic rings. The third-order valence-corrected chi connectivity index (χ3v) is 0.656. The Labute approximate surface area is 46.8 Å². The number of aldehydes is 1. The predicted octanol–water partition coefficient (Wildman–Crippen LogP) is -1.61. The molecule has 0 bridgehead atoms. The largest absolute Gasteiger partial charge is 0.310 e. The molecule has 0 aliphatic rings. The van der Waals surface area contributed by atoms with Crippen molar-refractivity contribution in [2.24, 2.45) is 11.5 Å². The van der Waals surface area contributed by atoms with Gasteiger partial charge in [0.05, 0.1) is 6.42 Å². The first-order chi connectivity index (χ1) is 3.68. The molecule has 0 heterocycles. The van der Waals surface area contributed by atoms with Crippen molar-refractivity contribution in [3.05, 3.63) is 0 Å². The molecule has 4 nitrogen and oxygen atoms in total. The van der Waals surface area contributed by atoms with Crippen LogP contribution in [0.3, 0.4) is 0 Å². The monoisotopic (exact) mass is 116 g/mol. The van der Waals surface area contributed by atoms with Gasteiger partial charge in [0.25, 0.3) is 0 Å². The molecule has 4 N–H and O–H groups in total. The summed E-state index contributed by atoms with van der Waals surface area (Å²) in [7, 11) is 0. The number of hydrogen-bond acceptors (Lipinski definition) is 4. The van der Waals surface area contributed by atoms with Crippen LogP contribution in [0.1, 0.15) is 6.42 Å². The molecule has 0 aliphatic carbocycles.